The van der Waals surface area contributed by atoms with Crippen molar-refractivity contribution in [1.82, 2.24) is 4.90 Å². The van der Waals surface area contributed by atoms with Gasteiger partial charge in [0.2, 0.25) is 0 Å². The summed E-state index contributed by atoms with van der Waals surface area (Å²) in [6, 6.07) is 7.52. The monoisotopic (exact) mass is 417 g/mol. The molecule has 0 aliphatic carbocycles. The van der Waals surface area contributed by atoms with Crippen molar-refractivity contribution in [2.24, 2.45) is 0 Å². The van der Waals surface area contributed by atoms with Crippen molar-refractivity contribution in [2.75, 3.05) is 13.1 Å². The number of rotatable bonds is 4. The minimum absolute atomic E-state index is 0.0285. The molecular weight excluding hydrogens is 398 g/mol. The van der Waals surface area contributed by atoms with Crippen molar-refractivity contribution >= 4 is 29.9 Å². The van der Waals surface area contributed by atoms with Gasteiger partial charge in [-0.05, 0) is 0 Å². The molecule has 0 spiro atoms. The van der Waals surface area contributed by atoms with Crippen LogP contribution < -0.4 is 4.74 Å². The van der Waals surface area contributed by atoms with E-state index in [-0.39, 0.29) is 5.91 Å². The van der Waals surface area contributed by atoms with Crippen LogP contribution in [0.15, 0.2) is 24.3 Å². The zero-order valence-corrected chi connectivity index (χ0v) is 15.3. The summed E-state index contributed by atoms with van der Waals surface area (Å²) in [5, 5.41) is 0. The third-order valence-electron chi connectivity index (χ3n) is 3.38. The molecule has 1 fully saturated rings. The molecule has 0 saturated carbocycles. The molecule has 1 saturated heterocycles. The number of para-hydroxylation sites is 1. The molecular formula is C15H19Cl2NO2Ru. The predicted octanol–water partition coefficient (Wildman–Crippen LogP) is 3.54. The Labute approximate surface area is 138 Å². The van der Waals surface area contributed by atoms with Crippen LogP contribution in [0.25, 0.3) is 0 Å². The average Bonchev–Trinajstić information content (AvgIpc) is 2.93. The van der Waals surface area contributed by atoms with Gasteiger partial charge in [-0.25, -0.2) is 0 Å². The molecule has 6 heteroatoms. The van der Waals surface area contributed by atoms with Gasteiger partial charge in [-0.1, -0.05) is 0 Å². The summed E-state index contributed by atoms with van der Waals surface area (Å²) in [6.07, 6.45) is 2.14. The molecule has 2 rings (SSSR count). The summed E-state index contributed by atoms with van der Waals surface area (Å²) < 4.78 is 7.82. The number of likely N-dealkylation sites (tertiary alicyclic amines) is 1. The topological polar surface area (TPSA) is 29.5 Å². The molecule has 1 heterocycles. The fraction of sp³-hybridized carbons (Fsp3) is 0.467. The number of benzene rings is 1. The molecule has 0 N–H and O–H groups in total. The SMILES string of the molecule is CC(C)(Oc1ccccc1[CH]=[Ru]([Cl])[Cl])C(=O)N1CCCC1. The Balaban J connectivity index is 2.20. The van der Waals surface area contributed by atoms with Gasteiger partial charge in [-0.2, -0.15) is 0 Å². The number of carbonyl (C=O) groups is 1. The van der Waals surface area contributed by atoms with E-state index in [0.29, 0.717) is 5.75 Å². The first kappa shape index (κ1) is 16.9. The van der Waals surface area contributed by atoms with Crippen LogP contribution >= 0.6 is 19.4 Å². The normalized spacial score (nSPS) is 15.8. The predicted molar refractivity (Wildman–Crippen MR) is 83.8 cm³/mol. The molecule has 21 heavy (non-hydrogen) atoms. The summed E-state index contributed by atoms with van der Waals surface area (Å²) >= 11 is -1.94. The molecule has 0 radical (unpaired) electrons. The van der Waals surface area contributed by atoms with E-state index in [1.54, 1.807) is 13.8 Å². The summed E-state index contributed by atoms with van der Waals surface area (Å²) in [5.41, 5.74) is -0.0478. The van der Waals surface area contributed by atoms with E-state index in [0.717, 1.165) is 31.5 Å². The molecule has 0 unspecified atom stereocenters. The van der Waals surface area contributed by atoms with E-state index in [1.165, 1.54) is 0 Å². The quantitative estimate of drug-likeness (QED) is 0.702. The number of nitrogens with zero attached hydrogens (tertiary/aromatic N) is 1. The molecule has 1 aromatic carbocycles. The maximum absolute atomic E-state index is 12.6. The van der Waals surface area contributed by atoms with Crippen LogP contribution in [0.3, 0.4) is 0 Å². The number of hydrogen-bond acceptors (Lipinski definition) is 2. The Morgan fingerprint density at radius 1 is 1.29 bits per heavy atom. The third-order valence-corrected chi connectivity index (χ3v) is 5.21. The summed E-state index contributed by atoms with van der Waals surface area (Å²) in [7, 11) is 11.9. The molecule has 3 nitrogen and oxygen atoms in total. The Kier molecular flexibility index (Phi) is 5.82. The van der Waals surface area contributed by atoms with Crippen molar-refractivity contribution in [1.29, 1.82) is 0 Å². The molecule has 0 atom stereocenters. The van der Waals surface area contributed by atoms with Crippen LogP contribution in [0.4, 0.5) is 0 Å². The molecule has 1 aliphatic rings. The van der Waals surface area contributed by atoms with Gasteiger partial charge in [0.1, 0.15) is 0 Å². The summed E-state index contributed by atoms with van der Waals surface area (Å²) in [6.45, 7) is 5.25. The first-order valence-corrected chi connectivity index (χ1v) is 12.3. The van der Waals surface area contributed by atoms with Crippen molar-refractivity contribution in [3.05, 3.63) is 29.8 Å². The van der Waals surface area contributed by atoms with Gasteiger partial charge >= 0.3 is 139 Å². The first-order chi connectivity index (χ1) is 9.90. The average molecular weight is 417 g/mol. The van der Waals surface area contributed by atoms with Gasteiger partial charge in [0.05, 0.1) is 0 Å². The Bertz CT molecular complexity index is 550. The first-order valence-electron chi connectivity index (χ1n) is 6.81. The second-order valence-corrected chi connectivity index (χ2v) is 11.2. The number of hydrogen-bond donors (Lipinski definition) is 0. The number of carbonyl (C=O) groups excluding carboxylic acids is 1. The van der Waals surface area contributed by atoms with E-state index >= 15 is 0 Å². The molecule has 0 bridgehead atoms. The van der Waals surface area contributed by atoms with Gasteiger partial charge in [0.25, 0.3) is 0 Å². The number of amides is 1. The van der Waals surface area contributed by atoms with Crippen LogP contribution in [0.2, 0.25) is 0 Å². The fourth-order valence-corrected chi connectivity index (χ4v) is 4.17. The number of halogens is 2. The fourth-order valence-electron chi connectivity index (χ4n) is 2.36. The van der Waals surface area contributed by atoms with Gasteiger partial charge in [-0.3, -0.25) is 0 Å². The van der Waals surface area contributed by atoms with E-state index in [1.807, 2.05) is 33.8 Å². The van der Waals surface area contributed by atoms with Crippen LogP contribution in [0, 0.1) is 0 Å². The van der Waals surface area contributed by atoms with Crippen LogP contribution in [-0.2, 0) is 18.3 Å². The molecule has 1 aliphatic heterocycles. The summed E-state index contributed by atoms with van der Waals surface area (Å²) in [4.78, 5) is 14.4. The van der Waals surface area contributed by atoms with Gasteiger partial charge in [0, 0.05) is 0 Å². The van der Waals surface area contributed by atoms with E-state index in [9.17, 15) is 4.79 Å². The van der Waals surface area contributed by atoms with Crippen molar-refractivity contribution in [3.63, 3.8) is 0 Å². The van der Waals surface area contributed by atoms with Crippen molar-refractivity contribution in [2.45, 2.75) is 32.3 Å². The standard InChI is InChI=1S/C15H19NO2.2ClH.Ru/c1-12-8-4-5-9-13(12)18-15(2,3)14(17)16-10-6-7-11-16;;;/h1,4-5,8-9H,6-7,10-11H2,2-3H3;2*1H;/q;;;+2/p-2. The zero-order valence-electron chi connectivity index (χ0n) is 12.1. The van der Waals surface area contributed by atoms with Crippen molar-refractivity contribution in [3.8, 4) is 5.75 Å². The van der Waals surface area contributed by atoms with Crippen LogP contribution in [0.1, 0.15) is 32.3 Å². The third kappa shape index (κ3) is 4.51. The van der Waals surface area contributed by atoms with E-state index in [4.69, 9.17) is 24.1 Å². The van der Waals surface area contributed by atoms with Gasteiger partial charge in [0.15, 0.2) is 0 Å². The van der Waals surface area contributed by atoms with Gasteiger partial charge in [-0.15, -0.1) is 0 Å². The van der Waals surface area contributed by atoms with Crippen molar-refractivity contribution < 1.29 is 23.0 Å². The second-order valence-electron chi connectivity index (χ2n) is 5.46. The molecule has 1 aromatic rings. The Morgan fingerprint density at radius 2 is 1.90 bits per heavy atom. The Hall–Kier alpha value is -0.437. The molecule has 1 amide bonds. The maximum atomic E-state index is 12.6. The van der Waals surface area contributed by atoms with E-state index < -0.39 is 19.1 Å². The summed E-state index contributed by atoms with van der Waals surface area (Å²) in [5.74, 6) is 0.677. The molecule has 0 aromatic heterocycles. The zero-order chi connectivity index (χ0) is 15.5. The van der Waals surface area contributed by atoms with Crippen LogP contribution in [0.5, 0.6) is 5.75 Å². The second kappa shape index (κ2) is 7.22. The van der Waals surface area contributed by atoms with Gasteiger partial charge < -0.3 is 0 Å². The minimum atomic E-state index is -1.94. The molecule has 118 valence electrons. The Morgan fingerprint density at radius 3 is 2.52 bits per heavy atom. The number of ether oxygens (including phenoxy) is 1. The van der Waals surface area contributed by atoms with Crippen LogP contribution in [-0.4, -0.2) is 34.1 Å². The van der Waals surface area contributed by atoms with E-state index in [2.05, 4.69) is 0 Å².